The molecule has 5 nitrogen and oxygen atoms in total. The number of hydrogen-bond donors (Lipinski definition) is 1. The Morgan fingerprint density at radius 2 is 1.48 bits per heavy atom. The Bertz CT molecular complexity index is 1200. The third-order valence-electron chi connectivity index (χ3n) is 5.31. The maximum atomic E-state index is 13.4. The molecule has 1 aliphatic rings. The van der Waals surface area contributed by atoms with Crippen molar-refractivity contribution in [1.82, 2.24) is 9.62 Å². The molecule has 1 amide bonds. The molecule has 0 spiro atoms. The van der Waals surface area contributed by atoms with Crippen molar-refractivity contribution in [1.29, 1.82) is 0 Å². The van der Waals surface area contributed by atoms with Gasteiger partial charge in [0.15, 0.2) is 0 Å². The fourth-order valence-electron chi connectivity index (χ4n) is 3.63. The molecule has 3 aromatic rings. The third kappa shape index (κ3) is 4.77. The van der Waals surface area contributed by atoms with E-state index in [2.05, 4.69) is 5.32 Å². The van der Waals surface area contributed by atoms with Gasteiger partial charge in [-0.25, -0.2) is 8.42 Å². The standard InChI is InChI=1S/C23H20Cl2N2O3S/c24-19-7-5-16(6-8-19)14-26-23(28)22-13-17-3-1-2-4-18(17)15-27(22)31(29,30)21-11-9-20(25)10-12-21/h1-12,22H,13-15H2,(H,26,28)/t22-/m0/s1. The van der Waals surface area contributed by atoms with E-state index < -0.39 is 16.1 Å². The minimum absolute atomic E-state index is 0.104. The first-order chi connectivity index (χ1) is 14.8. The van der Waals surface area contributed by atoms with Gasteiger partial charge >= 0.3 is 0 Å². The number of rotatable bonds is 5. The lowest BCUT2D eigenvalue weighted by Gasteiger charge is -2.35. The van der Waals surface area contributed by atoms with Crippen LogP contribution in [0.15, 0.2) is 77.7 Å². The number of carbonyl (C=O) groups is 1. The number of halogens is 2. The maximum absolute atomic E-state index is 13.4. The fraction of sp³-hybridized carbons (Fsp3) is 0.174. The van der Waals surface area contributed by atoms with E-state index in [9.17, 15) is 13.2 Å². The van der Waals surface area contributed by atoms with Crippen LogP contribution in [0.1, 0.15) is 16.7 Å². The lowest BCUT2D eigenvalue weighted by Crippen LogP contribution is -2.52. The lowest BCUT2D eigenvalue weighted by atomic mass is 9.95. The molecule has 0 fully saturated rings. The Morgan fingerprint density at radius 3 is 2.13 bits per heavy atom. The van der Waals surface area contributed by atoms with Crippen LogP contribution in [-0.4, -0.2) is 24.7 Å². The first-order valence-electron chi connectivity index (χ1n) is 9.71. The van der Waals surface area contributed by atoms with Crippen LogP contribution < -0.4 is 5.32 Å². The summed E-state index contributed by atoms with van der Waals surface area (Å²) in [4.78, 5) is 13.2. The molecule has 0 radical (unpaired) electrons. The highest BCUT2D eigenvalue weighted by Crippen LogP contribution is 2.29. The predicted octanol–water partition coefficient (Wildman–Crippen LogP) is 4.43. The highest BCUT2D eigenvalue weighted by Gasteiger charge is 2.39. The third-order valence-corrected chi connectivity index (χ3v) is 7.68. The normalized spacial score (nSPS) is 16.5. The summed E-state index contributed by atoms with van der Waals surface area (Å²) in [5.41, 5.74) is 2.74. The minimum atomic E-state index is -3.91. The molecule has 8 heteroatoms. The number of benzene rings is 3. The van der Waals surface area contributed by atoms with Gasteiger partial charge in [0, 0.05) is 23.1 Å². The van der Waals surface area contributed by atoms with E-state index in [1.54, 1.807) is 12.1 Å². The summed E-state index contributed by atoms with van der Waals surface area (Å²) in [6.45, 7) is 0.406. The number of nitrogens with one attached hydrogen (secondary N) is 1. The van der Waals surface area contributed by atoms with Gasteiger partial charge in [-0.05, 0) is 59.5 Å². The number of amides is 1. The van der Waals surface area contributed by atoms with Crippen LogP contribution >= 0.6 is 23.2 Å². The van der Waals surface area contributed by atoms with Crippen LogP contribution in [0, 0.1) is 0 Å². The highest BCUT2D eigenvalue weighted by molar-refractivity contribution is 7.89. The first kappa shape index (κ1) is 21.8. The van der Waals surface area contributed by atoms with E-state index in [1.807, 2.05) is 36.4 Å². The predicted molar refractivity (Wildman–Crippen MR) is 121 cm³/mol. The summed E-state index contributed by atoms with van der Waals surface area (Å²) in [5, 5.41) is 3.93. The number of fused-ring (bicyclic) bond motifs is 1. The second kappa shape index (κ2) is 9.01. The van der Waals surface area contributed by atoms with Gasteiger partial charge < -0.3 is 5.32 Å². The largest absolute Gasteiger partial charge is 0.351 e. The van der Waals surface area contributed by atoms with E-state index >= 15 is 0 Å². The molecule has 3 aromatic carbocycles. The zero-order chi connectivity index (χ0) is 22.0. The Labute approximate surface area is 191 Å². The van der Waals surface area contributed by atoms with Gasteiger partial charge in [-0.1, -0.05) is 59.6 Å². The monoisotopic (exact) mass is 474 g/mol. The summed E-state index contributed by atoms with van der Waals surface area (Å²) in [6, 6.07) is 19.8. The molecule has 1 atom stereocenters. The van der Waals surface area contributed by atoms with Crippen molar-refractivity contribution >= 4 is 39.1 Å². The van der Waals surface area contributed by atoms with E-state index in [4.69, 9.17) is 23.2 Å². The SMILES string of the molecule is O=C(NCc1ccc(Cl)cc1)[C@@H]1Cc2ccccc2CN1S(=O)(=O)c1ccc(Cl)cc1. The van der Waals surface area contributed by atoms with Gasteiger partial charge in [-0.3, -0.25) is 4.79 Å². The zero-order valence-electron chi connectivity index (χ0n) is 16.5. The van der Waals surface area contributed by atoms with Crippen LogP contribution in [0.3, 0.4) is 0 Å². The van der Waals surface area contributed by atoms with Gasteiger partial charge in [-0.2, -0.15) is 4.31 Å². The van der Waals surface area contributed by atoms with E-state index in [0.717, 1.165) is 16.7 Å². The van der Waals surface area contributed by atoms with Crippen molar-refractivity contribution in [3.8, 4) is 0 Å². The molecule has 0 unspecified atom stereocenters. The van der Waals surface area contributed by atoms with Crippen LogP contribution in [0.4, 0.5) is 0 Å². The average molecular weight is 475 g/mol. The Balaban J connectivity index is 1.63. The van der Waals surface area contributed by atoms with Crippen LogP contribution in [0.2, 0.25) is 10.0 Å². The number of sulfonamides is 1. The van der Waals surface area contributed by atoms with Crippen LogP contribution in [-0.2, 0) is 34.3 Å². The summed E-state index contributed by atoms with van der Waals surface area (Å²) < 4.78 is 28.1. The molecule has 160 valence electrons. The Kier molecular flexibility index (Phi) is 6.34. The summed E-state index contributed by atoms with van der Waals surface area (Å²) in [5.74, 6) is -0.345. The first-order valence-corrected chi connectivity index (χ1v) is 11.9. The summed E-state index contributed by atoms with van der Waals surface area (Å²) >= 11 is 11.8. The van der Waals surface area contributed by atoms with Gasteiger partial charge in [0.2, 0.25) is 15.9 Å². The lowest BCUT2D eigenvalue weighted by molar-refractivity contribution is -0.125. The van der Waals surface area contributed by atoms with Crippen LogP contribution in [0.5, 0.6) is 0 Å². The second-order valence-corrected chi connectivity index (χ2v) is 10.1. The van der Waals surface area contributed by atoms with Crippen molar-refractivity contribution in [2.45, 2.75) is 30.4 Å². The van der Waals surface area contributed by atoms with E-state index in [1.165, 1.54) is 28.6 Å². The number of carbonyl (C=O) groups excluding carboxylic acids is 1. The molecule has 1 aliphatic heterocycles. The number of hydrogen-bond acceptors (Lipinski definition) is 3. The molecular formula is C23H20Cl2N2O3S. The molecule has 0 aliphatic carbocycles. The van der Waals surface area contributed by atoms with Crippen LogP contribution in [0.25, 0.3) is 0 Å². The maximum Gasteiger partial charge on any atom is 0.244 e. The summed E-state index contributed by atoms with van der Waals surface area (Å²) in [6.07, 6.45) is 0.301. The smallest absolute Gasteiger partial charge is 0.244 e. The molecule has 0 saturated heterocycles. The molecular weight excluding hydrogens is 455 g/mol. The van der Waals surface area contributed by atoms with Gasteiger partial charge in [0.1, 0.15) is 6.04 Å². The Morgan fingerprint density at radius 1 is 0.903 bits per heavy atom. The molecule has 4 rings (SSSR count). The van der Waals surface area contributed by atoms with Crippen molar-refractivity contribution in [2.24, 2.45) is 0 Å². The van der Waals surface area contributed by atoms with Gasteiger partial charge in [0.05, 0.1) is 4.90 Å². The molecule has 0 bridgehead atoms. The molecule has 1 N–H and O–H groups in total. The minimum Gasteiger partial charge on any atom is -0.351 e. The highest BCUT2D eigenvalue weighted by atomic mass is 35.5. The molecule has 31 heavy (non-hydrogen) atoms. The molecule has 0 aromatic heterocycles. The molecule has 1 heterocycles. The van der Waals surface area contributed by atoms with Crippen molar-refractivity contribution in [3.63, 3.8) is 0 Å². The second-order valence-electron chi connectivity index (χ2n) is 7.34. The zero-order valence-corrected chi connectivity index (χ0v) is 18.8. The van der Waals surface area contributed by atoms with E-state index in [0.29, 0.717) is 16.5 Å². The topological polar surface area (TPSA) is 66.5 Å². The van der Waals surface area contributed by atoms with Gasteiger partial charge in [0.25, 0.3) is 0 Å². The average Bonchev–Trinajstić information content (AvgIpc) is 2.78. The van der Waals surface area contributed by atoms with Crippen molar-refractivity contribution in [3.05, 3.63) is 99.5 Å². The summed E-state index contributed by atoms with van der Waals surface area (Å²) in [7, 11) is -3.91. The van der Waals surface area contributed by atoms with Crippen molar-refractivity contribution in [2.75, 3.05) is 0 Å². The quantitative estimate of drug-likeness (QED) is 0.594. The fourth-order valence-corrected chi connectivity index (χ4v) is 5.44. The molecule has 0 saturated carbocycles. The van der Waals surface area contributed by atoms with Crippen molar-refractivity contribution < 1.29 is 13.2 Å². The Hall–Kier alpha value is -2.38. The van der Waals surface area contributed by atoms with Gasteiger partial charge in [-0.15, -0.1) is 0 Å². The number of nitrogens with zero attached hydrogens (tertiary/aromatic N) is 1. The van der Waals surface area contributed by atoms with E-state index in [-0.39, 0.29) is 23.9 Å².